The Bertz CT molecular complexity index is 432. The zero-order chi connectivity index (χ0) is 12.1. The molecule has 0 amide bonds. The maximum Gasteiger partial charge on any atom is 0.193 e. The van der Waals surface area contributed by atoms with Crippen LogP contribution in [0.5, 0.6) is 0 Å². The summed E-state index contributed by atoms with van der Waals surface area (Å²) >= 11 is 10.6. The minimum atomic E-state index is -0.112. The van der Waals surface area contributed by atoms with Gasteiger partial charge in [-0.1, -0.05) is 45.4 Å². The second kappa shape index (κ2) is 6.12. The van der Waals surface area contributed by atoms with Crippen LogP contribution in [0.3, 0.4) is 0 Å². The topological polar surface area (TPSA) is 88.2 Å². The summed E-state index contributed by atoms with van der Waals surface area (Å²) in [5, 5.41) is 8.16. The van der Waals surface area contributed by atoms with Crippen molar-refractivity contribution in [3.05, 3.63) is 33.3 Å². The van der Waals surface area contributed by atoms with Crippen LogP contribution in [0.4, 0.5) is 0 Å². The number of thioether (sulfide) groups is 1. The highest BCUT2D eigenvalue weighted by Crippen LogP contribution is 2.25. The van der Waals surface area contributed by atoms with Gasteiger partial charge < -0.3 is 11.5 Å². The molecule has 0 radical (unpaired) electrons. The molecule has 0 atom stereocenters. The minimum Gasteiger partial charge on any atom is -0.370 e. The van der Waals surface area contributed by atoms with Crippen LogP contribution in [0.25, 0.3) is 0 Å². The number of amidine groups is 1. The molecule has 0 aromatic heterocycles. The fourth-order valence-corrected chi connectivity index (χ4v) is 2.47. The first-order valence-electron chi connectivity index (χ1n) is 4.24. The lowest BCUT2D eigenvalue weighted by molar-refractivity contribution is 1.40. The number of aliphatic imine (C=N–C) groups is 1. The lowest BCUT2D eigenvalue weighted by atomic mass is 10.2. The summed E-state index contributed by atoms with van der Waals surface area (Å²) < 4.78 is 0.922. The Morgan fingerprint density at radius 2 is 2.19 bits per heavy atom. The Hall–Kier alpha value is -0.720. The molecule has 0 aliphatic heterocycles. The summed E-state index contributed by atoms with van der Waals surface area (Å²) in [7, 11) is 0. The van der Waals surface area contributed by atoms with Crippen molar-refractivity contribution in [1.82, 2.24) is 0 Å². The number of halogens is 2. The fourth-order valence-electron chi connectivity index (χ4n) is 0.934. The molecule has 0 spiro atoms. The minimum absolute atomic E-state index is 0.0685. The first-order valence-corrected chi connectivity index (χ1v) is 6.39. The number of guanidine groups is 1. The Morgan fingerprint density at radius 3 is 2.75 bits per heavy atom. The Balaban J connectivity index is 2.62. The van der Waals surface area contributed by atoms with Gasteiger partial charge in [0.1, 0.15) is 0 Å². The largest absolute Gasteiger partial charge is 0.370 e. The van der Waals surface area contributed by atoms with E-state index < -0.39 is 0 Å². The summed E-state index contributed by atoms with van der Waals surface area (Å²) in [5.41, 5.74) is 11.2. The van der Waals surface area contributed by atoms with E-state index in [1.165, 1.54) is 11.8 Å². The van der Waals surface area contributed by atoms with E-state index in [4.69, 9.17) is 28.5 Å². The van der Waals surface area contributed by atoms with Crippen LogP contribution < -0.4 is 11.5 Å². The maximum absolute atomic E-state index is 7.44. The van der Waals surface area contributed by atoms with Gasteiger partial charge in [-0.05, 0) is 17.7 Å². The molecule has 1 rings (SSSR count). The van der Waals surface area contributed by atoms with Crippen molar-refractivity contribution < 1.29 is 0 Å². The van der Waals surface area contributed by atoms with E-state index in [9.17, 15) is 0 Å². The predicted molar refractivity (Wildman–Crippen MR) is 74.0 cm³/mol. The van der Waals surface area contributed by atoms with Crippen molar-refractivity contribution in [2.75, 3.05) is 0 Å². The van der Waals surface area contributed by atoms with Gasteiger partial charge in [-0.15, -0.1) is 0 Å². The molecular formula is C9H10BrClN4S. The number of rotatable bonds is 2. The molecule has 0 heterocycles. The molecule has 4 nitrogen and oxygen atoms in total. The highest BCUT2D eigenvalue weighted by molar-refractivity contribution is 9.10. The van der Waals surface area contributed by atoms with Crippen LogP contribution in [-0.2, 0) is 5.75 Å². The molecule has 0 unspecified atom stereocenters. The summed E-state index contributed by atoms with van der Waals surface area (Å²) in [6, 6.07) is 5.59. The second-order valence-electron chi connectivity index (χ2n) is 2.87. The van der Waals surface area contributed by atoms with E-state index in [1.54, 1.807) is 0 Å². The van der Waals surface area contributed by atoms with Gasteiger partial charge in [0.2, 0.25) is 0 Å². The average molecular weight is 322 g/mol. The molecule has 1 aromatic rings. The summed E-state index contributed by atoms with van der Waals surface area (Å²) in [6.07, 6.45) is 0. The van der Waals surface area contributed by atoms with Crippen molar-refractivity contribution >= 4 is 50.4 Å². The second-order valence-corrected chi connectivity index (χ2v) is 5.15. The molecule has 0 saturated heterocycles. The Labute approximate surface area is 111 Å². The van der Waals surface area contributed by atoms with Crippen molar-refractivity contribution in [2.24, 2.45) is 16.5 Å². The van der Waals surface area contributed by atoms with Gasteiger partial charge >= 0.3 is 0 Å². The van der Waals surface area contributed by atoms with Gasteiger partial charge in [0.15, 0.2) is 11.1 Å². The SMILES string of the molecule is N=C(N=C(N)N)SCc1ccc(Br)cc1Cl. The lowest BCUT2D eigenvalue weighted by Crippen LogP contribution is -2.23. The molecule has 7 heteroatoms. The van der Waals surface area contributed by atoms with Crippen molar-refractivity contribution in [3.8, 4) is 0 Å². The molecule has 0 bridgehead atoms. The van der Waals surface area contributed by atoms with Gasteiger partial charge in [-0.3, -0.25) is 5.41 Å². The van der Waals surface area contributed by atoms with Crippen LogP contribution >= 0.6 is 39.3 Å². The van der Waals surface area contributed by atoms with Gasteiger partial charge in [0, 0.05) is 15.2 Å². The zero-order valence-electron chi connectivity index (χ0n) is 8.21. The Morgan fingerprint density at radius 1 is 1.50 bits per heavy atom. The third kappa shape index (κ3) is 4.42. The van der Waals surface area contributed by atoms with Crippen LogP contribution in [0.1, 0.15) is 5.56 Å². The zero-order valence-corrected chi connectivity index (χ0v) is 11.4. The highest BCUT2D eigenvalue weighted by Gasteiger charge is 2.03. The molecule has 1 aromatic carbocycles. The molecule has 86 valence electrons. The van der Waals surface area contributed by atoms with Gasteiger partial charge in [0.25, 0.3) is 0 Å². The van der Waals surface area contributed by atoms with E-state index in [2.05, 4.69) is 20.9 Å². The quantitative estimate of drug-likeness (QED) is 0.578. The Kier molecular flexibility index (Phi) is 5.11. The lowest BCUT2D eigenvalue weighted by Gasteiger charge is -2.03. The smallest absolute Gasteiger partial charge is 0.193 e. The van der Waals surface area contributed by atoms with E-state index in [0.717, 1.165) is 10.0 Å². The molecule has 0 fully saturated rings. The van der Waals surface area contributed by atoms with Crippen molar-refractivity contribution in [1.29, 1.82) is 5.41 Å². The number of nitrogens with two attached hydrogens (primary N) is 2. The number of benzene rings is 1. The molecule has 0 aliphatic carbocycles. The molecule has 5 N–H and O–H groups in total. The number of hydrogen-bond donors (Lipinski definition) is 3. The highest BCUT2D eigenvalue weighted by atomic mass is 79.9. The predicted octanol–water partition coefficient (Wildman–Crippen LogP) is 2.54. The number of nitrogens with zero attached hydrogens (tertiary/aromatic N) is 1. The third-order valence-corrected chi connectivity index (χ3v) is 3.28. The number of nitrogens with one attached hydrogen (secondary N) is 1. The third-order valence-electron chi connectivity index (χ3n) is 1.61. The van der Waals surface area contributed by atoms with Gasteiger partial charge in [-0.25, -0.2) is 0 Å². The molecule has 0 saturated carbocycles. The summed E-state index contributed by atoms with van der Waals surface area (Å²) in [4.78, 5) is 3.61. The summed E-state index contributed by atoms with van der Waals surface area (Å²) in [6.45, 7) is 0. The molecular weight excluding hydrogens is 312 g/mol. The van der Waals surface area contributed by atoms with E-state index >= 15 is 0 Å². The first-order chi connectivity index (χ1) is 7.49. The van der Waals surface area contributed by atoms with Gasteiger partial charge in [-0.2, -0.15) is 4.99 Å². The monoisotopic (exact) mass is 320 g/mol. The fraction of sp³-hybridized carbons (Fsp3) is 0.111. The normalized spacial score (nSPS) is 9.88. The molecule has 0 aliphatic rings. The van der Waals surface area contributed by atoms with Crippen LogP contribution in [0.2, 0.25) is 5.02 Å². The number of hydrogen-bond acceptors (Lipinski definition) is 2. The average Bonchev–Trinajstić information content (AvgIpc) is 2.15. The van der Waals surface area contributed by atoms with E-state index in [1.807, 2.05) is 18.2 Å². The van der Waals surface area contributed by atoms with Crippen LogP contribution in [-0.4, -0.2) is 11.1 Å². The van der Waals surface area contributed by atoms with Crippen molar-refractivity contribution in [2.45, 2.75) is 5.75 Å². The molecule has 16 heavy (non-hydrogen) atoms. The van der Waals surface area contributed by atoms with Crippen molar-refractivity contribution in [3.63, 3.8) is 0 Å². The van der Waals surface area contributed by atoms with E-state index in [-0.39, 0.29) is 11.1 Å². The summed E-state index contributed by atoms with van der Waals surface area (Å²) in [5.74, 6) is 0.446. The van der Waals surface area contributed by atoms with Crippen LogP contribution in [0, 0.1) is 5.41 Å². The maximum atomic E-state index is 7.44. The first kappa shape index (κ1) is 13.3. The standard InChI is InChI=1S/C9H10BrClN4S/c10-6-2-1-5(7(11)3-6)4-16-9(14)15-8(12)13/h1-3H,4H2,(H5,12,13,14,15). The van der Waals surface area contributed by atoms with E-state index in [0.29, 0.717) is 10.8 Å². The van der Waals surface area contributed by atoms with Gasteiger partial charge in [0.05, 0.1) is 0 Å². The van der Waals surface area contributed by atoms with Crippen LogP contribution in [0.15, 0.2) is 27.7 Å².